The summed E-state index contributed by atoms with van der Waals surface area (Å²) in [5.41, 5.74) is 6.39. The van der Waals surface area contributed by atoms with Gasteiger partial charge in [-0.25, -0.2) is 25.3 Å². The molecule has 95 heavy (non-hydrogen) atoms. The van der Waals surface area contributed by atoms with Crippen molar-refractivity contribution in [1.82, 2.24) is 12.9 Å². The number of ether oxygens (including phenoxy) is 4. The molecular weight excluding hydrogens is 1250 g/mol. The number of sulfonamides is 3. The lowest BCUT2D eigenvalue weighted by Crippen LogP contribution is -2.33. The Hall–Kier alpha value is -4.39. The standard InChI is InChI=1S/C78H130N4O10S3/c1-5-9-13-17-21-25-29-33-37-47-65-89-75-57-55-73(69-77(75)91-67-49-39-35-31-27-23-19-15-11-7-3)94(85,86)81-61-43-41-59-80(93(83,84)72-53-51-71(79)52-54-72)60-42-44-62-82(64-46-45-63-81)95(87,88)74-56-58-76(90-66-48-38-34-30-26-22-18-14-10-6-2)78(70-74)92-68-50-40-36-32-28-24-20-16-12-8-4/h41-46,51-58,69-70H,5-40,47-50,59-68,79H2,1-4H3/b43-41+,44-42+,46-45+. The molecular formula is C78H130N4O10S3. The van der Waals surface area contributed by atoms with E-state index in [9.17, 15) is 8.42 Å². The van der Waals surface area contributed by atoms with Crippen molar-refractivity contribution in [2.45, 2.75) is 299 Å². The molecule has 0 unspecified atom stereocenters. The van der Waals surface area contributed by atoms with Crippen LogP contribution in [-0.2, 0) is 30.1 Å². The van der Waals surface area contributed by atoms with E-state index < -0.39 is 30.1 Å². The molecule has 2 N–H and O–H groups in total. The van der Waals surface area contributed by atoms with Crippen LogP contribution in [0.25, 0.3) is 0 Å². The molecule has 0 fully saturated rings. The van der Waals surface area contributed by atoms with Gasteiger partial charge in [0.2, 0.25) is 30.1 Å². The first-order valence-electron chi connectivity index (χ1n) is 37.9. The summed E-state index contributed by atoms with van der Waals surface area (Å²) >= 11 is 0. The molecule has 17 heteroatoms. The predicted octanol–water partition coefficient (Wildman–Crippen LogP) is 20.5. The minimum absolute atomic E-state index is 0.0182. The van der Waals surface area contributed by atoms with Crippen LogP contribution >= 0.6 is 0 Å². The Labute approximate surface area is 580 Å². The highest BCUT2D eigenvalue weighted by Gasteiger charge is 2.28. The molecule has 4 rings (SSSR count). The number of nitrogens with two attached hydrogens (primary N) is 1. The van der Waals surface area contributed by atoms with Crippen LogP contribution in [0.15, 0.2) is 112 Å². The van der Waals surface area contributed by atoms with Gasteiger partial charge in [-0.15, -0.1) is 0 Å². The van der Waals surface area contributed by atoms with Crippen molar-refractivity contribution in [1.29, 1.82) is 0 Å². The number of rotatable bonds is 54. The number of nitrogens with zero attached hydrogens (tertiary/aromatic N) is 3. The summed E-state index contributed by atoms with van der Waals surface area (Å²) in [7, 11) is -12.6. The highest BCUT2D eigenvalue weighted by molar-refractivity contribution is 7.89. The molecule has 0 amide bonds. The van der Waals surface area contributed by atoms with Gasteiger partial charge in [-0.3, -0.25) is 0 Å². The van der Waals surface area contributed by atoms with E-state index in [4.69, 9.17) is 24.7 Å². The van der Waals surface area contributed by atoms with Crippen LogP contribution < -0.4 is 24.7 Å². The first kappa shape index (κ1) is 83.0. The second kappa shape index (κ2) is 51.7. The van der Waals surface area contributed by atoms with Crippen molar-refractivity contribution in [3.63, 3.8) is 0 Å². The summed E-state index contributed by atoms with van der Waals surface area (Å²) in [4.78, 5) is 0.0718. The fourth-order valence-corrected chi connectivity index (χ4v) is 16.0. The molecule has 0 bridgehead atoms. The van der Waals surface area contributed by atoms with Crippen LogP contribution in [0.1, 0.15) is 285 Å². The summed E-state index contributed by atoms with van der Waals surface area (Å²) in [6.07, 6.45) is 57.5. The SMILES string of the molecule is CCCCCCCCCCCCOc1ccc(S(=O)(=O)N2C/C=C/CN(S(=O)(=O)c3ccc(N)cc3)C/C=C/CN(S(=O)(=O)c3ccc(OCCCCCCCCCCCC)c(OCCCCCCCCCCCC)c3)C/C=C/C2)cc1OCCCCCCCCCCCC. The number of hydrogen-bond donors (Lipinski definition) is 1. The maximum Gasteiger partial charge on any atom is 0.243 e. The molecule has 1 heterocycles. The quantitative estimate of drug-likeness (QED) is 0.0323. The number of nitrogen functional groups attached to an aromatic ring is 1. The van der Waals surface area contributed by atoms with Crippen LogP contribution in [0.5, 0.6) is 23.0 Å². The minimum Gasteiger partial charge on any atom is -0.490 e. The van der Waals surface area contributed by atoms with Gasteiger partial charge in [0, 0.05) is 57.1 Å². The topological polar surface area (TPSA) is 175 Å². The van der Waals surface area contributed by atoms with Gasteiger partial charge in [0.1, 0.15) is 0 Å². The van der Waals surface area contributed by atoms with E-state index >= 15 is 16.8 Å². The highest BCUT2D eigenvalue weighted by Crippen LogP contribution is 2.34. The third-order valence-corrected chi connectivity index (χ3v) is 23.5. The summed E-state index contributed by atoms with van der Waals surface area (Å²) in [5, 5.41) is 0. The van der Waals surface area contributed by atoms with Crippen LogP contribution in [0.3, 0.4) is 0 Å². The third-order valence-electron chi connectivity index (χ3n) is 18.0. The van der Waals surface area contributed by atoms with Gasteiger partial charge in [-0.05, 0) is 74.2 Å². The third kappa shape index (κ3) is 34.8. The summed E-state index contributed by atoms with van der Waals surface area (Å²) in [6, 6.07) is 15.6. The Kier molecular flexibility index (Phi) is 45.2. The molecule has 0 aliphatic carbocycles. The highest BCUT2D eigenvalue weighted by atomic mass is 32.2. The van der Waals surface area contributed by atoms with E-state index in [0.29, 0.717) is 55.1 Å². The van der Waals surface area contributed by atoms with Gasteiger partial charge >= 0.3 is 0 Å². The lowest BCUT2D eigenvalue weighted by molar-refractivity contribution is 0.257. The van der Waals surface area contributed by atoms with Crippen LogP contribution in [0.2, 0.25) is 0 Å². The minimum atomic E-state index is -4.25. The molecule has 1 aliphatic heterocycles. The molecule has 0 spiro atoms. The Morgan fingerprint density at radius 3 is 0.716 bits per heavy atom. The second-order valence-corrected chi connectivity index (χ2v) is 32.1. The van der Waals surface area contributed by atoms with Gasteiger partial charge in [0.25, 0.3) is 0 Å². The molecule has 540 valence electrons. The van der Waals surface area contributed by atoms with E-state index in [-0.39, 0.29) is 54.0 Å². The Bertz CT molecular complexity index is 2730. The second-order valence-electron chi connectivity index (χ2n) is 26.3. The number of benzene rings is 3. The summed E-state index contributed by atoms with van der Waals surface area (Å²) in [6.45, 7) is 10.1. The number of anilines is 1. The van der Waals surface area contributed by atoms with E-state index in [0.717, 1.165) is 77.0 Å². The normalized spacial score (nSPS) is 15.3. The molecule has 1 aliphatic rings. The van der Waals surface area contributed by atoms with Crippen molar-refractivity contribution < 1.29 is 44.2 Å². The van der Waals surface area contributed by atoms with Gasteiger partial charge in [-0.2, -0.15) is 12.9 Å². The molecule has 3 aromatic rings. The van der Waals surface area contributed by atoms with Gasteiger partial charge in [0.15, 0.2) is 23.0 Å². The summed E-state index contributed by atoms with van der Waals surface area (Å²) < 4.78 is 118. The Balaban J connectivity index is 1.61. The molecule has 14 nitrogen and oxygen atoms in total. The number of unbranched alkanes of at least 4 members (excludes halogenated alkanes) is 36. The van der Waals surface area contributed by atoms with Gasteiger partial charge < -0.3 is 24.7 Å². The molecule has 0 atom stereocenters. The van der Waals surface area contributed by atoms with Crippen molar-refractivity contribution in [2.24, 2.45) is 0 Å². The molecule has 0 aromatic heterocycles. The van der Waals surface area contributed by atoms with E-state index in [1.54, 1.807) is 72.9 Å². The van der Waals surface area contributed by atoms with E-state index in [1.165, 1.54) is 217 Å². The largest absolute Gasteiger partial charge is 0.490 e. The Morgan fingerprint density at radius 2 is 0.474 bits per heavy atom. The zero-order valence-corrected chi connectivity index (χ0v) is 62.3. The lowest BCUT2D eigenvalue weighted by atomic mass is 10.1. The monoisotopic (exact) mass is 1380 g/mol. The van der Waals surface area contributed by atoms with Gasteiger partial charge in [0.05, 0.1) is 41.1 Å². The lowest BCUT2D eigenvalue weighted by Gasteiger charge is -2.22. The summed E-state index contributed by atoms with van der Waals surface area (Å²) in [5.74, 6) is 1.74. The van der Waals surface area contributed by atoms with Crippen LogP contribution in [-0.4, -0.2) is 104 Å². The Morgan fingerprint density at radius 1 is 0.274 bits per heavy atom. The van der Waals surface area contributed by atoms with E-state index in [2.05, 4.69) is 27.7 Å². The first-order chi connectivity index (χ1) is 46.3. The smallest absolute Gasteiger partial charge is 0.243 e. The van der Waals surface area contributed by atoms with E-state index in [1.807, 2.05) is 0 Å². The van der Waals surface area contributed by atoms with Crippen molar-refractivity contribution >= 4 is 35.8 Å². The fraction of sp³-hybridized carbons (Fsp3) is 0.692. The zero-order valence-electron chi connectivity index (χ0n) is 59.8. The number of hydrogen-bond acceptors (Lipinski definition) is 11. The van der Waals surface area contributed by atoms with Crippen molar-refractivity contribution in [2.75, 3.05) is 71.4 Å². The average Bonchev–Trinajstić information content (AvgIpc) is 0.980. The molecule has 0 saturated heterocycles. The zero-order chi connectivity index (χ0) is 68.3. The first-order valence-corrected chi connectivity index (χ1v) is 42.2. The van der Waals surface area contributed by atoms with Crippen molar-refractivity contribution in [3.8, 4) is 23.0 Å². The maximum atomic E-state index is 15.0. The van der Waals surface area contributed by atoms with Crippen LogP contribution in [0.4, 0.5) is 5.69 Å². The van der Waals surface area contributed by atoms with Crippen LogP contribution in [0, 0.1) is 0 Å². The van der Waals surface area contributed by atoms with Gasteiger partial charge in [-0.1, -0.05) is 295 Å². The fourth-order valence-electron chi connectivity index (χ4n) is 11.9. The molecule has 3 aromatic carbocycles. The average molecular weight is 1380 g/mol. The maximum absolute atomic E-state index is 15.0. The van der Waals surface area contributed by atoms with Crippen molar-refractivity contribution in [3.05, 3.63) is 97.1 Å². The molecule has 0 radical (unpaired) electrons. The molecule has 0 saturated carbocycles. The predicted molar refractivity (Wildman–Crippen MR) is 397 cm³/mol.